The van der Waals surface area contributed by atoms with Crippen LogP contribution in [0.4, 0.5) is 0 Å². The van der Waals surface area contributed by atoms with E-state index in [1.165, 1.54) is 42.2 Å². The van der Waals surface area contributed by atoms with Crippen molar-refractivity contribution in [1.29, 1.82) is 0 Å². The summed E-state index contributed by atoms with van der Waals surface area (Å²) in [6.07, 6.45) is 9.02. The number of hydrogen-bond donors (Lipinski definition) is 0. The first kappa shape index (κ1) is 35.4. The Bertz CT molecular complexity index is 2230. The van der Waals surface area contributed by atoms with Gasteiger partial charge in [-0.15, -0.1) is 35.7 Å². The maximum atomic E-state index is 6.49. The van der Waals surface area contributed by atoms with E-state index in [4.69, 9.17) is 14.8 Å². The van der Waals surface area contributed by atoms with Crippen LogP contribution in [0.2, 0.25) is 0 Å². The van der Waals surface area contributed by atoms with Crippen LogP contribution in [0, 0.1) is 31.9 Å². The van der Waals surface area contributed by atoms with E-state index in [0.717, 1.165) is 63.3 Å². The maximum Gasteiger partial charge on any atom is 2.00 e. The first-order chi connectivity index (χ1) is 23.9. The second-order valence-corrected chi connectivity index (χ2v) is 13.5. The van der Waals surface area contributed by atoms with Gasteiger partial charge >= 0.3 is 21.1 Å². The zero-order valence-corrected chi connectivity index (χ0v) is 31.8. The third-order valence-electron chi connectivity index (χ3n) is 9.27. The molecule has 0 spiro atoms. The van der Waals surface area contributed by atoms with Gasteiger partial charge in [-0.3, -0.25) is 4.68 Å². The Kier molecular flexibility index (Phi) is 11.0. The monoisotopic (exact) mass is 839 g/mol. The molecule has 0 atom stereocenters. The molecule has 0 aliphatic carbocycles. The van der Waals surface area contributed by atoms with Crippen molar-refractivity contribution in [2.75, 3.05) is 0 Å². The Hall–Kier alpha value is -4.47. The summed E-state index contributed by atoms with van der Waals surface area (Å²) in [7, 11) is 0. The van der Waals surface area contributed by atoms with E-state index in [1.807, 2.05) is 41.2 Å². The van der Waals surface area contributed by atoms with Crippen molar-refractivity contribution in [3.8, 4) is 34.1 Å². The number of pyridine rings is 1. The zero-order chi connectivity index (χ0) is 33.9. The van der Waals surface area contributed by atoms with E-state index in [0.29, 0.717) is 17.4 Å². The van der Waals surface area contributed by atoms with E-state index < -0.39 is 0 Å². The molecular formula is C44H44N4OPt. The molecule has 50 heavy (non-hydrogen) atoms. The van der Waals surface area contributed by atoms with Crippen molar-refractivity contribution in [1.82, 2.24) is 19.3 Å². The summed E-state index contributed by atoms with van der Waals surface area (Å²) < 4.78 is 10.7. The van der Waals surface area contributed by atoms with Crippen molar-refractivity contribution >= 4 is 21.8 Å². The molecule has 5 nitrogen and oxygen atoms in total. The minimum atomic E-state index is 0. The Morgan fingerprint density at radius 2 is 1.60 bits per heavy atom. The van der Waals surface area contributed by atoms with E-state index in [-0.39, 0.29) is 21.1 Å². The average molecular weight is 840 g/mol. The fourth-order valence-electron chi connectivity index (χ4n) is 7.00. The van der Waals surface area contributed by atoms with Crippen LogP contribution < -0.4 is 4.74 Å². The number of rotatable bonds is 12. The number of nitrogens with zero attached hydrogens (tertiary/aromatic N) is 4. The van der Waals surface area contributed by atoms with Crippen molar-refractivity contribution in [2.24, 2.45) is 5.92 Å². The predicted octanol–water partition coefficient (Wildman–Crippen LogP) is 11.4. The van der Waals surface area contributed by atoms with Crippen molar-refractivity contribution in [2.45, 2.75) is 73.1 Å². The number of unbranched alkanes of at least 4 members (excludes halogenated alkanes) is 3. The molecular weight excluding hydrogens is 796 g/mol. The minimum absolute atomic E-state index is 0. The third kappa shape index (κ3) is 7.35. The van der Waals surface area contributed by atoms with Gasteiger partial charge in [0.25, 0.3) is 0 Å². The van der Waals surface area contributed by atoms with Gasteiger partial charge in [0.1, 0.15) is 5.82 Å². The van der Waals surface area contributed by atoms with Crippen LogP contribution in [0.1, 0.15) is 69.0 Å². The minimum Gasteiger partial charge on any atom is -0.509 e. The summed E-state index contributed by atoms with van der Waals surface area (Å²) in [5.74, 6) is 2.69. The first-order valence-corrected chi connectivity index (χ1v) is 17.7. The first-order valence-electron chi connectivity index (χ1n) is 17.7. The van der Waals surface area contributed by atoms with Crippen LogP contribution >= 0.6 is 0 Å². The van der Waals surface area contributed by atoms with Crippen LogP contribution in [-0.4, -0.2) is 19.3 Å². The summed E-state index contributed by atoms with van der Waals surface area (Å²) in [5.41, 5.74) is 9.89. The Morgan fingerprint density at radius 3 is 2.40 bits per heavy atom. The van der Waals surface area contributed by atoms with E-state index in [1.54, 1.807) is 0 Å². The molecule has 7 aromatic rings. The predicted molar refractivity (Wildman–Crippen MR) is 201 cm³/mol. The molecule has 0 fully saturated rings. The Balaban J connectivity index is 0.00000432. The molecule has 0 radical (unpaired) electrons. The van der Waals surface area contributed by atoms with Gasteiger partial charge in [0.15, 0.2) is 0 Å². The Morgan fingerprint density at radius 1 is 0.780 bits per heavy atom. The topological polar surface area (TPSA) is 44.9 Å². The molecule has 3 aromatic heterocycles. The molecule has 3 heterocycles. The molecule has 256 valence electrons. The summed E-state index contributed by atoms with van der Waals surface area (Å²) in [6, 6.07) is 38.9. The third-order valence-corrected chi connectivity index (χ3v) is 9.27. The van der Waals surface area contributed by atoms with Gasteiger partial charge in [-0.25, -0.2) is 4.98 Å². The quantitative estimate of drug-likeness (QED) is 0.0909. The van der Waals surface area contributed by atoms with Gasteiger partial charge in [-0.1, -0.05) is 88.0 Å². The van der Waals surface area contributed by atoms with Crippen LogP contribution in [0.5, 0.6) is 11.5 Å². The van der Waals surface area contributed by atoms with Gasteiger partial charge in [0, 0.05) is 34.5 Å². The average Bonchev–Trinajstić information content (AvgIpc) is 3.59. The molecule has 0 unspecified atom stereocenters. The summed E-state index contributed by atoms with van der Waals surface area (Å²) in [4.78, 5) is 4.87. The van der Waals surface area contributed by atoms with Crippen LogP contribution in [0.15, 0.2) is 97.2 Å². The fraction of sp³-hybridized carbons (Fsp3) is 0.273. The van der Waals surface area contributed by atoms with Crippen LogP contribution in [0.25, 0.3) is 44.4 Å². The van der Waals surface area contributed by atoms with E-state index >= 15 is 0 Å². The number of aryl methyl sites for hydroxylation is 2. The molecule has 7 rings (SSSR count). The standard InChI is InChI=1S/C44H44N4O.Pt/c1-6-7-8-10-14-33-19-22-41-40(26-33)39-21-20-38(29-42(39)47(41)43-27-34(23-24-45-43)25-30(2)3)49-37-18-13-17-36(28-37)48-32(5)44(31(4)46-48)35-15-11-9-12-16-35;/h9,11-13,15-24,26-27,30H,6-8,10,14,25H2,1-5H3;/q-2;+2. The normalized spacial score (nSPS) is 11.4. The zero-order valence-electron chi connectivity index (χ0n) is 29.6. The van der Waals surface area contributed by atoms with Gasteiger partial charge in [0.2, 0.25) is 0 Å². The number of aromatic nitrogens is 4. The second kappa shape index (κ2) is 15.6. The van der Waals surface area contributed by atoms with Gasteiger partial charge in [-0.2, -0.15) is 17.2 Å². The van der Waals surface area contributed by atoms with Gasteiger partial charge in [-0.05, 0) is 85.0 Å². The number of benzene rings is 4. The molecule has 0 N–H and O–H groups in total. The van der Waals surface area contributed by atoms with Crippen molar-refractivity contribution in [3.63, 3.8) is 0 Å². The maximum absolute atomic E-state index is 6.49. The Labute approximate surface area is 310 Å². The van der Waals surface area contributed by atoms with E-state index in [9.17, 15) is 0 Å². The van der Waals surface area contributed by atoms with Crippen molar-refractivity contribution in [3.05, 3.63) is 132 Å². The SMILES string of the molecule is CCCCCCc1ccc2c(c1)c1ccc(Oc3[c-]c(-n4nc(C)c(-c5ccccc5)c4C)ccc3)[c-]c1n2-c1cc(CC(C)C)ccn1.[Pt+2]. The number of hydrogen-bond acceptors (Lipinski definition) is 3. The largest absolute Gasteiger partial charge is 2.00 e. The van der Waals surface area contributed by atoms with Crippen molar-refractivity contribution < 1.29 is 25.8 Å². The summed E-state index contributed by atoms with van der Waals surface area (Å²) in [5, 5.41) is 7.24. The molecule has 0 bridgehead atoms. The number of ether oxygens (including phenoxy) is 1. The summed E-state index contributed by atoms with van der Waals surface area (Å²) in [6.45, 7) is 10.9. The molecule has 4 aromatic carbocycles. The van der Waals surface area contributed by atoms with E-state index in [2.05, 4.69) is 112 Å². The molecule has 0 amide bonds. The van der Waals surface area contributed by atoms with Gasteiger partial charge < -0.3 is 9.30 Å². The molecule has 0 aliphatic rings. The molecule has 0 saturated heterocycles. The molecule has 0 saturated carbocycles. The second-order valence-electron chi connectivity index (χ2n) is 13.5. The van der Waals surface area contributed by atoms with Crippen LogP contribution in [0.3, 0.4) is 0 Å². The summed E-state index contributed by atoms with van der Waals surface area (Å²) >= 11 is 0. The van der Waals surface area contributed by atoms with Gasteiger partial charge in [0.05, 0.1) is 5.69 Å². The fourth-order valence-corrected chi connectivity index (χ4v) is 7.00. The molecule has 0 aliphatic heterocycles. The molecule has 6 heteroatoms. The number of fused-ring (bicyclic) bond motifs is 3. The van der Waals surface area contributed by atoms with Crippen LogP contribution in [-0.2, 0) is 33.9 Å². The smallest absolute Gasteiger partial charge is 0.509 e.